The molecule has 3 N–H and O–H groups in total. The molecule has 0 unspecified atom stereocenters. The van der Waals surface area contributed by atoms with Crippen molar-refractivity contribution in [3.05, 3.63) is 32.8 Å². The summed E-state index contributed by atoms with van der Waals surface area (Å²) >= 11 is 5.78. The molecule has 0 saturated heterocycles. The van der Waals surface area contributed by atoms with E-state index in [1.54, 1.807) is 0 Å². The fraction of sp³-hybridized carbons (Fsp3) is 0.417. The molecule has 0 aromatic heterocycles. The van der Waals surface area contributed by atoms with Crippen LogP contribution in [0.15, 0.2) is 12.1 Å². The van der Waals surface area contributed by atoms with Gasteiger partial charge in [0.25, 0.3) is 11.6 Å². The number of halogens is 1. The van der Waals surface area contributed by atoms with Gasteiger partial charge in [0.2, 0.25) is 0 Å². The summed E-state index contributed by atoms with van der Waals surface area (Å²) in [6, 6.07) is 2.22. The molecule has 1 aromatic carbocycles. The van der Waals surface area contributed by atoms with Crippen molar-refractivity contribution < 1.29 is 14.5 Å². The summed E-state index contributed by atoms with van der Waals surface area (Å²) in [6.07, 6.45) is 0.641. The number of ether oxygens (including phenoxy) is 1. The molecule has 0 bridgehead atoms. The smallest absolute Gasteiger partial charge is 0.271 e. The molecule has 1 rings (SSSR count). The molecule has 20 heavy (non-hydrogen) atoms. The molecule has 0 atom stereocenters. The first kappa shape index (κ1) is 16.2. The summed E-state index contributed by atoms with van der Waals surface area (Å²) in [5.74, 6) is -0.496. The lowest BCUT2D eigenvalue weighted by Crippen LogP contribution is -2.26. The van der Waals surface area contributed by atoms with Crippen LogP contribution in [0.2, 0.25) is 5.02 Å². The van der Waals surface area contributed by atoms with E-state index < -0.39 is 10.8 Å². The van der Waals surface area contributed by atoms with E-state index in [2.05, 4.69) is 5.32 Å². The van der Waals surface area contributed by atoms with Crippen LogP contribution in [0.1, 0.15) is 23.7 Å². The summed E-state index contributed by atoms with van der Waals surface area (Å²) < 4.78 is 5.13. The van der Waals surface area contributed by atoms with Crippen molar-refractivity contribution in [1.82, 2.24) is 5.32 Å². The third kappa shape index (κ3) is 4.36. The summed E-state index contributed by atoms with van der Waals surface area (Å²) in [7, 11) is 0. The van der Waals surface area contributed by atoms with E-state index >= 15 is 0 Å². The Kier molecular flexibility index (Phi) is 6.20. The minimum absolute atomic E-state index is 0.000565. The van der Waals surface area contributed by atoms with Gasteiger partial charge in [-0.3, -0.25) is 14.9 Å². The second kappa shape index (κ2) is 7.66. The quantitative estimate of drug-likeness (QED) is 0.346. The van der Waals surface area contributed by atoms with Crippen LogP contribution in [0, 0.1) is 10.1 Å². The zero-order valence-electron chi connectivity index (χ0n) is 11.0. The number of hydrogen-bond donors (Lipinski definition) is 2. The van der Waals surface area contributed by atoms with Gasteiger partial charge >= 0.3 is 0 Å². The maximum absolute atomic E-state index is 11.9. The first-order valence-corrected chi connectivity index (χ1v) is 6.44. The topological polar surface area (TPSA) is 107 Å². The SMILES string of the molecule is CCOCCCNC(=O)c1cc([N+](=O)[O-])cc(Cl)c1N. The number of carbonyl (C=O) groups excluding carboxylic acids is 1. The summed E-state index contributed by atoms with van der Waals surface area (Å²) in [5.41, 5.74) is 5.42. The summed E-state index contributed by atoms with van der Waals surface area (Å²) in [6.45, 7) is 3.41. The number of nitrogens with one attached hydrogen (secondary N) is 1. The van der Waals surface area contributed by atoms with E-state index in [-0.39, 0.29) is 22.0 Å². The van der Waals surface area contributed by atoms with Gasteiger partial charge in [-0.05, 0) is 13.3 Å². The van der Waals surface area contributed by atoms with Crippen molar-refractivity contribution in [3.8, 4) is 0 Å². The minimum atomic E-state index is -0.628. The average Bonchev–Trinajstić information content (AvgIpc) is 2.41. The molecule has 110 valence electrons. The molecule has 0 saturated carbocycles. The van der Waals surface area contributed by atoms with Crippen LogP contribution < -0.4 is 11.1 Å². The number of nitrogens with zero attached hydrogens (tertiary/aromatic N) is 1. The molecule has 0 heterocycles. The number of benzene rings is 1. The van der Waals surface area contributed by atoms with Crippen molar-refractivity contribution >= 4 is 28.9 Å². The van der Waals surface area contributed by atoms with Gasteiger partial charge in [0.1, 0.15) is 0 Å². The van der Waals surface area contributed by atoms with E-state index in [1.165, 1.54) is 0 Å². The lowest BCUT2D eigenvalue weighted by atomic mass is 10.1. The number of carbonyl (C=O) groups is 1. The molecular formula is C12H16ClN3O4. The Hall–Kier alpha value is -1.86. The minimum Gasteiger partial charge on any atom is -0.397 e. The largest absolute Gasteiger partial charge is 0.397 e. The van der Waals surface area contributed by atoms with Gasteiger partial charge in [0.05, 0.1) is 21.2 Å². The number of rotatable bonds is 7. The fourth-order valence-corrected chi connectivity index (χ4v) is 1.73. The van der Waals surface area contributed by atoms with Gasteiger partial charge in [0.15, 0.2) is 0 Å². The molecule has 0 spiro atoms. The van der Waals surface area contributed by atoms with Crippen molar-refractivity contribution in [3.63, 3.8) is 0 Å². The first-order valence-electron chi connectivity index (χ1n) is 6.06. The number of anilines is 1. The van der Waals surface area contributed by atoms with Crippen LogP contribution in [0.25, 0.3) is 0 Å². The molecule has 7 nitrogen and oxygen atoms in total. The molecule has 8 heteroatoms. The Morgan fingerprint density at radius 3 is 2.85 bits per heavy atom. The van der Waals surface area contributed by atoms with E-state index in [9.17, 15) is 14.9 Å². The Morgan fingerprint density at radius 2 is 2.25 bits per heavy atom. The maximum atomic E-state index is 11.9. The van der Waals surface area contributed by atoms with E-state index in [4.69, 9.17) is 22.1 Å². The third-order valence-corrected chi connectivity index (χ3v) is 2.84. The Morgan fingerprint density at radius 1 is 1.55 bits per heavy atom. The molecule has 1 amide bonds. The molecule has 0 fully saturated rings. The molecule has 0 aliphatic carbocycles. The zero-order valence-corrected chi connectivity index (χ0v) is 11.8. The van der Waals surface area contributed by atoms with E-state index in [0.29, 0.717) is 26.2 Å². The Labute approximate surface area is 121 Å². The van der Waals surface area contributed by atoms with Gasteiger partial charge in [0, 0.05) is 31.9 Å². The lowest BCUT2D eigenvalue weighted by molar-refractivity contribution is -0.384. The van der Waals surface area contributed by atoms with Crippen molar-refractivity contribution in [2.45, 2.75) is 13.3 Å². The second-order valence-corrected chi connectivity index (χ2v) is 4.36. The van der Waals surface area contributed by atoms with Crippen LogP contribution in [-0.4, -0.2) is 30.6 Å². The van der Waals surface area contributed by atoms with Gasteiger partial charge < -0.3 is 15.8 Å². The van der Waals surface area contributed by atoms with Crippen LogP contribution in [0.3, 0.4) is 0 Å². The fourth-order valence-electron chi connectivity index (χ4n) is 1.51. The highest BCUT2D eigenvalue weighted by Crippen LogP contribution is 2.28. The molecule has 0 aliphatic heterocycles. The first-order chi connectivity index (χ1) is 9.47. The van der Waals surface area contributed by atoms with E-state index in [0.717, 1.165) is 12.1 Å². The van der Waals surface area contributed by atoms with Gasteiger partial charge in [-0.2, -0.15) is 0 Å². The second-order valence-electron chi connectivity index (χ2n) is 3.95. The van der Waals surface area contributed by atoms with Crippen LogP contribution in [-0.2, 0) is 4.74 Å². The van der Waals surface area contributed by atoms with E-state index in [1.807, 2.05) is 6.92 Å². The van der Waals surface area contributed by atoms with Crippen LogP contribution in [0.5, 0.6) is 0 Å². The molecular weight excluding hydrogens is 286 g/mol. The number of non-ortho nitro benzene ring substituents is 1. The number of nitrogen functional groups attached to an aromatic ring is 1. The maximum Gasteiger partial charge on any atom is 0.271 e. The third-order valence-electron chi connectivity index (χ3n) is 2.52. The van der Waals surface area contributed by atoms with Gasteiger partial charge in [-0.1, -0.05) is 11.6 Å². The Balaban J connectivity index is 2.74. The molecule has 0 aliphatic rings. The standard InChI is InChI=1S/C12H16ClN3O4/c1-2-20-5-3-4-15-12(17)9-6-8(16(18)19)7-10(13)11(9)14/h6-7H,2-5,14H2,1H3,(H,15,17). The number of nitro benzene ring substituents is 1. The van der Waals surface area contributed by atoms with Crippen molar-refractivity contribution in [2.24, 2.45) is 0 Å². The normalized spacial score (nSPS) is 10.3. The highest BCUT2D eigenvalue weighted by atomic mass is 35.5. The predicted molar refractivity (Wildman–Crippen MR) is 76.0 cm³/mol. The lowest BCUT2D eigenvalue weighted by Gasteiger charge is -2.08. The number of amides is 1. The molecule has 1 aromatic rings. The average molecular weight is 302 g/mol. The number of nitrogens with two attached hydrogens (primary N) is 1. The monoisotopic (exact) mass is 301 g/mol. The summed E-state index contributed by atoms with van der Waals surface area (Å²) in [4.78, 5) is 22.0. The van der Waals surface area contributed by atoms with Crippen LogP contribution >= 0.6 is 11.6 Å². The number of nitro groups is 1. The van der Waals surface area contributed by atoms with Crippen LogP contribution in [0.4, 0.5) is 11.4 Å². The van der Waals surface area contributed by atoms with Crippen molar-refractivity contribution in [1.29, 1.82) is 0 Å². The predicted octanol–water partition coefficient (Wildman–Crippen LogP) is 1.99. The highest BCUT2D eigenvalue weighted by Gasteiger charge is 2.18. The summed E-state index contributed by atoms with van der Waals surface area (Å²) in [5, 5.41) is 13.3. The van der Waals surface area contributed by atoms with Gasteiger partial charge in [-0.15, -0.1) is 0 Å². The number of hydrogen-bond acceptors (Lipinski definition) is 5. The molecule has 0 radical (unpaired) electrons. The van der Waals surface area contributed by atoms with Gasteiger partial charge in [-0.25, -0.2) is 0 Å². The Bertz CT molecular complexity index is 508. The zero-order chi connectivity index (χ0) is 15.1. The van der Waals surface area contributed by atoms with Crippen molar-refractivity contribution in [2.75, 3.05) is 25.5 Å². The highest BCUT2D eigenvalue weighted by molar-refractivity contribution is 6.34.